The van der Waals surface area contributed by atoms with Crippen molar-refractivity contribution in [3.63, 3.8) is 0 Å². The van der Waals surface area contributed by atoms with E-state index in [4.69, 9.17) is 0 Å². The minimum Gasteiger partial charge on any atom is -0.314 e. The summed E-state index contributed by atoms with van der Waals surface area (Å²) in [5.41, 5.74) is 0. The van der Waals surface area contributed by atoms with Gasteiger partial charge in [-0.25, -0.2) is 0 Å². The normalized spacial score (nSPS) is 16.5. The summed E-state index contributed by atoms with van der Waals surface area (Å²) in [7, 11) is 0. The van der Waals surface area contributed by atoms with Crippen molar-refractivity contribution in [1.82, 2.24) is 5.32 Å². The largest absolute Gasteiger partial charge is 0.314 e. The highest BCUT2D eigenvalue weighted by atomic mass is 14.9. The Morgan fingerprint density at radius 3 is 2.00 bits per heavy atom. The molecule has 0 fully saturated rings. The van der Waals surface area contributed by atoms with Crippen LogP contribution in [0.3, 0.4) is 0 Å². The zero-order valence-electron chi connectivity index (χ0n) is 9.35. The third-order valence-electron chi connectivity index (χ3n) is 2.56. The third kappa shape index (κ3) is 5.59. The van der Waals surface area contributed by atoms with Crippen LogP contribution in [0.1, 0.15) is 47.5 Å². The van der Waals surface area contributed by atoms with Gasteiger partial charge in [0.15, 0.2) is 0 Å². The first-order valence-electron chi connectivity index (χ1n) is 5.31. The Bertz CT molecular complexity index is 99.2. The van der Waals surface area contributed by atoms with Crippen molar-refractivity contribution in [3.05, 3.63) is 0 Å². The molecular weight excluding hydrogens is 146 g/mol. The summed E-state index contributed by atoms with van der Waals surface area (Å²) in [5, 5.41) is 3.48. The average molecular weight is 171 g/mol. The van der Waals surface area contributed by atoms with Crippen molar-refractivity contribution in [2.45, 2.75) is 53.5 Å². The summed E-state index contributed by atoms with van der Waals surface area (Å²) in [6, 6.07) is 0.626. The maximum Gasteiger partial charge on any atom is 0.00104 e. The minimum atomic E-state index is 0.626. The van der Waals surface area contributed by atoms with Gasteiger partial charge < -0.3 is 5.32 Å². The molecule has 0 aliphatic rings. The van der Waals surface area contributed by atoms with Crippen LogP contribution >= 0.6 is 0 Å². The Morgan fingerprint density at radius 2 is 1.58 bits per heavy atom. The lowest BCUT2D eigenvalue weighted by molar-refractivity contribution is 0.336. The molecule has 1 nitrogen and oxygen atoms in total. The maximum absolute atomic E-state index is 3.48. The highest BCUT2D eigenvalue weighted by Crippen LogP contribution is 2.15. The first-order chi connectivity index (χ1) is 5.57. The number of hydrogen-bond acceptors (Lipinski definition) is 1. The van der Waals surface area contributed by atoms with Crippen LogP contribution in [0, 0.1) is 11.8 Å². The van der Waals surface area contributed by atoms with Crippen LogP contribution in [0.5, 0.6) is 0 Å². The van der Waals surface area contributed by atoms with Crippen LogP contribution in [-0.2, 0) is 0 Å². The molecule has 12 heavy (non-hydrogen) atoms. The fraction of sp³-hybridized carbons (Fsp3) is 1.00. The monoisotopic (exact) mass is 171 g/mol. The molecule has 0 aromatic carbocycles. The topological polar surface area (TPSA) is 12.0 Å². The number of nitrogens with one attached hydrogen (secondary N) is 1. The van der Waals surface area contributed by atoms with Gasteiger partial charge in [0.2, 0.25) is 0 Å². The summed E-state index contributed by atoms with van der Waals surface area (Å²) in [6.07, 6.45) is 2.67. The van der Waals surface area contributed by atoms with E-state index in [9.17, 15) is 0 Å². The first kappa shape index (κ1) is 12.0. The zero-order chi connectivity index (χ0) is 9.56. The summed E-state index contributed by atoms with van der Waals surface area (Å²) >= 11 is 0. The lowest BCUT2D eigenvalue weighted by Gasteiger charge is -2.21. The molecular formula is C11H25N. The molecule has 2 atom stereocenters. The fourth-order valence-corrected chi connectivity index (χ4v) is 1.36. The molecule has 1 heteroatoms. The van der Waals surface area contributed by atoms with Gasteiger partial charge in [0.1, 0.15) is 0 Å². The molecule has 1 N–H and O–H groups in total. The summed E-state index contributed by atoms with van der Waals surface area (Å²) in [6.45, 7) is 12.5. The molecule has 0 saturated carbocycles. The van der Waals surface area contributed by atoms with Crippen LogP contribution in [0.4, 0.5) is 0 Å². The summed E-state index contributed by atoms with van der Waals surface area (Å²) in [5.74, 6) is 1.67. The molecule has 0 aliphatic carbocycles. The molecule has 0 spiro atoms. The van der Waals surface area contributed by atoms with Crippen molar-refractivity contribution in [3.8, 4) is 0 Å². The predicted molar refractivity (Wildman–Crippen MR) is 56.4 cm³/mol. The van der Waals surface area contributed by atoms with Crippen molar-refractivity contribution in [2.75, 3.05) is 6.54 Å². The molecule has 0 heterocycles. The van der Waals surface area contributed by atoms with Gasteiger partial charge in [0.25, 0.3) is 0 Å². The van der Waals surface area contributed by atoms with E-state index in [1.165, 1.54) is 19.4 Å². The van der Waals surface area contributed by atoms with E-state index in [-0.39, 0.29) is 0 Å². The Morgan fingerprint density at radius 1 is 1.00 bits per heavy atom. The predicted octanol–water partition coefficient (Wildman–Crippen LogP) is 3.06. The van der Waals surface area contributed by atoms with Crippen LogP contribution in [0.15, 0.2) is 0 Å². The molecule has 0 saturated heterocycles. The van der Waals surface area contributed by atoms with E-state index in [0.717, 1.165) is 11.8 Å². The average Bonchev–Trinajstić information content (AvgIpc) is 2.00. The van der Waals surface area contributed by atoms with E-state index in [0.29, 0.717) is 6.04 Å². The second-order valence-corrected chi connectivity index (χ2v) is 4.31. The molecule has 0 aromatic heterocycles. The van der Waals surface area contributed by atoms with Crippen molar-refractivity contribution in [1.29, 1.82) is 0 Å². The van der Waals surface area contributed by atoms with Gasteiger partial charge in [-0.1, -0.05) is 47.5 Å². The standard InChI is InChI=1S/C11H25N/c1-6-7-10(4)11(5)8-12-9(2)3/h9-12H,6-8H2,1-5H3. The Balaban J connectivity index is 3.49. The fourth-order valence-electron chi connectivity index (χ4n) is 1.36. The van der Waals surface area contributed by atoms with E-state index in [1.54, 1.807) is 0 Å². The van der Waals surface area contributed by atoms with Crippen molar-refractivity contribution < 1.29 is 0 Å². The smallest absolute Gasteiger partial charge is 0.00104 e. The van der Waals surface area contributed by atoms with Gasteiger partial charge in [0, 0.05) is 6.04 Å². The first-order valence-corrected chi connectivity index (χ1v) is 5.31. The van der Waals surface area contributed by atoms with Crippen molar-refractivity contribution in [2.24, 2.45) is 11.8 Å². The highest BCUT2D eigenvalue weighted by Gasteiger charge is 2.10. The van der Waals surface area contributed by atoms with Crippen LogP contribution in [-0.4, -0.2) is 12.6 Å². The van der Waals surface area contributed by atoms with Gasteiger partial charge in [-0.2, -0.15) is 0 Å². The molecule has 2 unspecified atom stereocenters. The molecule has 0 bridgehead atoms. The molecule has 0 radical (unpaired) electrons. The molecule has 0 aliphatic heterocycles. The van der Waals surface area contributed by atoms with E-state index in [1.807, 2.05) is 0 Å². The minimum absolute atomic E-state index is 0.626. The van der Waals surface area contributed by atoms with Gasteiger partial charge in [-0.15, -0.1) is 0 Å². The van der Waals surface area contributed by atoms with Crippen molar-refractivity contribution >= 4 is 0 Å². The molecule has 0 aromatic rings. The van der Waals surface area contributed by atoms with Gasteiger partial charge in [-0.3, -0.25) is 0 Å². The van der Waals surface area contributed by atoms with Gasteiger partial charge >= 0.3 is 0 Å². The maximum atomic E-state index is 3.48. The number of rotatable bonds is 6. The lowest BCUT2D eigenvalue weighted by atomic mass is 9.92. The summed E-state index contributed by atoms with van der Waals surface area (Å²) < 4.78 is 0. The van der Waals surface area contributed by atoms with Crippen LogP contribution in [0.2, 0.25) is 0 Å². The molecule has 0 amide bonds. The second kappa shape index (κ2) is 6.47. The summed E-state index contributed by atoms with van der Waals surface area (Å²) in [4.78, 5) is 0. The van der Waals surface area contributed by atoms with Gasteiger partial charge in [0.05, 0.1) is 0 Å². The lowest BCUT2D eigenvalue weighted by Crippen LogP contribution is -2.30. The highest BCUT2D eigenvalue weighted by molar-refractivity contribution is 4.65. The third-order valence-corrected chi connectivity index (χ3v) is 2.56. The Hall–Kier alpha value is -0.0400. The van der Waals surface area contributed by atoms with Crippen LogP contribution in [0.25, 0.3) is 0 Å². The van der Waals surface area contributed by atoms with E-state index < -0.39 is 0 Å². The zero-order valence-corrected chi connectivity index (χ0v) is 9.35. The number of hydrogen-bond donors (Lipinski definition) is 1. The molecule has 74 valence electrons. The van der Waals surface area contributed by atoms with Crippen LogP contribution < -0.4 is 5.32 Å². The Labute approximate surface area is 77.9 Å². The van der Waals surface area contributed by atoms with Gasteiger partial charge in [-0.05, 0) is 18.4 Å². The SMILES string of the molecule is CCCC(C)C(C)CNC(C)C. The molecule has 0 rings (SSSR count). The Kier molecular flexibility index (Phi) is 6.45. The van der Waals surface area contributed by atoms with E-state index >= 15 is 0 Å². The van der Waals surface area contributed by atoms with E-state index in [2.05, 4.69) is 39.9 Å². The quantitative estimate of drug-likeness (QED) is 0.647. The second-order valence-electron chi connectivity index (χ2n) is 4.31.